The number of pyridine rings is 1. The Morgan fingerprint density at radius 2 is 1.94 bits per heavy atom. The molecule has 0 N–H and O–H groups in total. The van der Waals surface area contributed by atoms with E-state index < -0.39 is 23.3 Å². The molecule has 1 aliphatic rings. The van der Waals surface area contributed by atoms with Crippen LogP contribution in [0.2, 0.25) is 10.2 Å². The minimum absolute atomic E-state index is 0.0249. The van der Waals surface area contributed by atoms with Gasteiger partial charge in [0.05, 0.1) is 18.1 Å². The zero-order valence-electron chi connectivity index (χ0n) is 16.9. The Bertz CT molecular complexity index is 1350. The topological polar surface area (TPSA) is 50.8 Å². The van der Waals surface area contributed by atoms with E-state index in [1.54, 1.807) is 11.0 Å². The van der Waals surface area contributed by atoms with Gasteiger partial charge in [0.15, 0.2) is 11.3 Å². The minimum Gasteiger partial charge on any atom is -0.472 e. The van der Waals surface area contributed by atoms with Crippen molar-refractivity contribution in [2.75, 3.05) is 13.1 Å². The number of imidazole rings is 1. The van der Waals surface area contributed by atoms with Gasteiger partial charge in [-0.05, 0) is 30.2 Å². The van der Waals surface area contributed by atoms with Gasteiger partial charge in [-0.25, -0.2) is 4.98 Å². The van der Waals surface area contributed by atoms with Crippen LogP contribution < -0.4 is 0 Å². The van der Waals surface area contributed by atoms with Gasteiger partial charge in [-0.2, -0.15) is 13.2 Å². The van der Waals surface area contributed by atoms with Gasteiger partial charge >= 0.3 is 6.18 Å². The molecule has 0 spiro atoms. The van der Waals surface area contributed by atoms with Crippen molar-refractivity contribution in [2.24, 2.45) is 0 Å². The molecule has 0 radical (unpaired) electrons. The van der Waals surface area contributed by atoms with Gasteiger partial charge < -0.3 is 9.32 Å². The van der Waals surface area contributed by atoms with Crippen molar-refractivity contribution >= 4 is 34.8 Å². The lowest BCUT2D eigenvalue weighted by Gasteiger charge is -2.16. The summed E-state index contributed by atoms with van der Waals surface area (Å²) in [7, 11) is 0. The van der Waals surface area contributed by atoms with Crippen LogP contribution in [-0.2, 0) is 6.18 Å². The molecule has 0 saturated carbocycles. The fraction of sp³-hybridized carbons (Fsp3) is 0.217. The van der Waals surface area contributed by atoms with E-state index in [-0.39, 0.29) is 22.3 Å². The Kier molecular flexibility index (Phi) is 5.37. The number of amides is 1. The Balaban J connectivity index is 1.53. The molecule has 0 bridgehead atoms. The first-order valence-corrected chi connectivity index (χ1v) is 10.8. The summed E-state index contributed by atoms with van der Waals surface area (Å²) in [6.45, 7) is 0.796. The number of nitrogens with zero attached hydrogens (tertiary/aromatic N) is 3. The number of halogens is 5. The molecule has 1 saturated heterocycles. The number of hydrogen-bond acceptors (Lipinski definition) is 3. The molecule has 4 heterocycles. The summed E-state index contributed by atoms with van der Waals surface area (Å²) >= 11 is 12.7. The molecule has 5 nitrogen and oxygen atoms in total. The second-order valence-electron chi connectivity index (χ2n) is 7.86. The monoisotopic (exact) mass is 493 g/mol. The number of alkyl halides is 3. The van der Waals surface area contributed by atoms with Gasteiger partial charge in [0.25, 0.3) is 5.91 Å². The maximum absolute atomic E-state index is 13.8. The van der Waals surface area contributed by atoms with Crippen molar-refractivity contribution in [3.8, 4) is 11.1 Å². The lowest BCUT2D eigenvalue weighted by molar-refractivity contribution is -0.136. The number of rotatable bonds is 3. The van der Waals surface area contributed by atoms with E-state index >= 15 is 0 Å². The summed E-state index contributed by atoms with van der Waals surface area (Å²) in [5.41, 5.74) is -0.0162. The first-order valence-electron chi connectivity index (χ1n) is 10.1. The van der Waals surface area contributed by atoms with Crippen molar-refractivity contribution in [1.29, 1.82) is 0 Å². The molecular weight excluding hydrogens is 478 g/mol. The molecule has 1 amide bonds. The predicted octanol–water partition coefficient (Wildman–Crippen LogP) is 6.55. The fourth-order valence-corrected chi connectivity index (χ4v) is 4.74. The Morgan fingerprint density at radius 1 is 1.15 bits per heavy atom. The lowest BCUT2D eigenvalue weighted by Crippen LogP contribution is -2.29. The fourth-order valence-electron chi connectivity index (χ4n) is 4.20. The highest BCUT2D eigenvalue weighted by Gasteiger charge is 2.37. The Hall–Kier alpha value is -2.97. The summed E-state index contributed by atoms with van der Waals surface area (Å²) < 4.78 is 47.6. The third kappa shape index (κ3) is 3.87. The highest BCUT2D eigenvalue weighted by atomic mass is 35.5. The number of carbonyl (C=O) groups excluding carboxylic acids is 1. The van der Waals surface area contributed by atoms with Crippen LogP contribution in [0.15, 0.2) is 59.5 Å². The van der Waals surface area contributed by atoms with Gasteiger partial charge in [0.2, 0.25) is 0 Å². The average molecular weight is 494 g/mol. The van der Waals surface area contributed by atoms with E-state index in [0.29, 0.717) is 30.1 Å². The molecule has 5 rings (SSSR count). The van der Waals surface area contributed by atoms with E-state index in [4.69, 9.17) is 27.6 Å². The van der Waals surface area contributed by atoms with Crippen LogP contribution >= 0.6 is 23.2 Å². The van der Waals surface area contributed by atoms with Crippen molar-refractivity contribution in [3.05, 3.63) is 82.1 Å². The molecule has 3 aromatic heterocycles. The van der Waals surface area contributed by atoms with Gasteiger partial charge in [-0.15, -0.1) is 0 Å². The maximum Gasteiger partial charge on any atom is 0.420 e. The van der Waals surface area contributed by atoms with E-state index in [0.717, 1.165) is 16.0 Å². The zero-order valence-corrected chi connectivity index (χ0v) is 18.5. The molecule has 1 unspecified atom stereocenters. The van der Waals surface area contributed by atoms with Crippen LogP contribution in [0.3, 0.4) is 0 Å². The molecule has 1 aromatic carbocycles. The molecule has 4 aromatic rings. The predicted molar refractivity (Wildman–Crippen MR) is 118 cm³/mol. The standard InChI is InChI=1S/C23H16Cl2F3N3O2/c24-18-4-2-1-3-16(18)13-5-7-30(10-13)22(32)19-20(25)31-11-15(14-6-8-33-12-14)9-17(21(31)29-19)23(26,27)28/h1-4,6,8-9,11-13H,5,7,10H2. The van der Waals surface area contributed by atoms with E-state index in [2.05, 4.69) is 4.98 Å². The number of hydrogen-bond donors (Lipinski definition) is 0. The molecule has 170 valence electrons. The summed E-state index contributed by atoms with van der Waals surface area (Å²) in [6.07, 6.45) is 0.0904. The molecule has 1 aliphatic heterocycles. The normalized spacial score (nSPS) is 16.6. The molecule has 33 heavy (non-hydrogen) atoms. The quantitative estimate of drug-likeness (QED) is 0.325. The first-order chi connectivity index (χ1) is 15.7. The smallest absolute Gasteiger partial charge is 0.420 e. The Labute approximate surface area is 196 Å². The van der Waals surface area contributed by atoms with Gasteiger partial charge in [0.1, 0.15) is 5.15 Å². The highest BCUT2D eigenvalue weighted by molar-refractivity contribution is 6.33. The highest BCUT2D eigenvalue weighted by Crippen LogP contribution is 2.38. The molecular formula is C23H16Cl2F3N3O2. The van der Waals surface area contributed by atoms with Crippen LogP contribution in [0, 0.1) is 0 Å². The van der Waals surface area contributed by atoms with E-state index in [1.807, 2.05) is 18.2 Å². The third-order valence-electron chi connectivity index (χ3n) is 5.84. The maximum atomic E-state index is 13.8. The van der Waals surface area contributed by atoms with E-state index in [9.17, 15) is 18.0 Å². The van der Waals surface area contributed by atoms with Crippen LogP contribution in [0.25, 0.3) is 16.8 Å². The second-order valence-corrected chi connectivity index (χ2v) is 8.62. The number of aromatic nitrogens is 2. The summed E-state index contributed by atoms with van der Waals surface area (Å²) in [5.74, 6) is -0.492. The van der Waals surface area contributed by atoms with Crippen LogP contribution in [0.1, 0.15) is 34.0 Å². The van der Waals surface area contributed by atoms with Gasteiger partial charge in [-0.3, -0.25) is 9.20 Å². The third-order valence-corrected chi connectivity index (χ3v) is 6.55. The van der Waals surface area contributed by atoms with Crippen molar-refractivity contribution < 1.29 is 22.4 Å². The van der Waals surface area contributed by atoms with E-state index in [1.165, 1.54) is 24.8 Å². The van der Waals surface area contributed by atoms with Gasteiger partial charge in [-0.1, -0.05) is 41.4 Å². The van der Waals surface area contributed by atoms with Crippen LogP contribution in [0.4, 0.5) is 13.2 Å². The lowest BCUT2D eigenvalue weighted by atomic mass is 9.98. The SMILES string of the molecule is O=C(c1nc2c(C(F)(F)F)cc(-c3ccoc3)cn2c1Cl)N1CCC(c2ccccc2Cl)C1. The molecule has 0 aliphatic carbocycles. The number of carbonyl (C=O) groups is 1. The van der Waals surface area contributed by atoms with Crippen molar-refractivity contribution in [2.45, 2.75) is 18.5 Å². The van der Waals surface area contributed by atoms with Crippen molar-refractivity contribution in [1.82, 2.24) is 14.3 Å². The Morgan fingerprint density at radius 3 is 2.64 bits per heavy atom. The molecule has 10 heteroatoms. The largest absolute Gasteiger partial charge is 0.472 e. The van der Waals surface area contributed by atoms with Crippen LogP contribution in [-0.4, -0.2) is 33.3 Å². The van der Waals surface area contributed by atoms with Crippen LogP contribution in [0.5, 0.6) is 0 Å². The number of furan rings is 1. The minimum atomic E-state index is -4.70. The summed E-state index contributed by atoms with van der Waals surface area (Å²) in [5, 5.41) is 0.441. The second kappa shape index (κ2) is 8.11. The number of likely N-dealkylation sites (tertiary alicyclic amines) is 1. The molecule has 1 fully saturated rings. The summed E-state index contributed by atoms with van der Waals surface area (Å²) in [6, 6.07) is 9.91. The number of benzene rings is 1. The van der Waals surface area contributed by atoms with Gasteiger partial charge in [0, 0.05) is 41.4 Å². The molecule has 1 atom stereocenters. The number of fused-ring (bicyclic) bond motifs is 1. The zero-order chi connectivity index (χ0) is 23.3. The first kappa shape index (κ1) is 21.9. The average Bonchev–Trinajstić information content (AvgIpc) is 3.53. The van der Waals surface area contributed by atoms with Crippen molar-refractivity contribution in [3.63, 3.8) is 0 Å². The summed E-state index contributed by atoms with van der Waals surface area (Å²) in [4.78, 5) is 18.8.